The number of hydrogen-bond donors (Lipinski definition) is 1. The highest BCUT2D eigenvalue weighted by atomic mass is 35.5. The van der Waals surface area contributed by atoms with Gasteiger partial charge in [0.05, 0.1) is 15.7 Å². The van der Waals surface area contributed by atoms with E-state index in [1.165, 1.54) is 0 Å². The first-order chi connectivity index (χ1) is 15.2. The summed E-state index contributed by atoms with van der Waals surface area (Å²) in [6.07, 6.45) is -0.830. The lowest BCUT2D eigenvalue weighted by molar-refractivity contribution is -0.122. The van der Waals surface area contributed by atoms with Crippen LogP contribution in [0.5, 0.6) is 5.75 Å². The molecule has 1 unspecified atom stereocenters. The average molecular weight is 490 g/mol. The molecule has 0 aliphatic carbocycles. The van der Waals surface area contributed by atoms with Gasteiger partial charge in [0.2, 0.25) is 5.89 Å². The summed E-state index contributed by atoms with van der Waals surface area (Å²) in [7, 11) is 0. The minimum Gasteiger partial charge on any atom is -0.479 e. The highest BCUT2D eigenvalue weighted by molar-refractivity contribution is 6.35. The van der Waals surface area contributed by atoms with E-state index >= 15 is 0 Å². The number of carbonyl (C=O) groups is 1. The van der Waals surface area contributed by atoms with Crippen LogP contribution in [0.15, 0.2) is 52.9 Å². The third-order valence-electron chi connectivity index (χ3n) is 4.86. The fraction of sp³-hybridized carbons (Fsp3) is 0.167. The zero-order valence-corrected chi connectivity index (χ0v) is 19.8. The Morgan fingerprint density at radius 3 is 2.56 bits per heavy atom. The Balaban J connectivity index is 1.56. The van der Waals surface area contributed by atoms with Crippen LogP contribution in [0.3, 0.4) is 0 Å². The van der Waals surface area contributed by atoms with Gasteiger partial charge in [-0.25, -0.2) is 4.98 Å². The van der Waals surface area contributed by atoms with Crippen LogP contribution < -0.4 is 10.1 Å². The maximum absolute atomic E-state index is 12.7. The normalized spacial score (nSPS) is 12.1. The van der Waals surface area contributed by atoms with E-state index in [0.29, 0.717) is 38.0 Å². The first kappa shape index (κ1) is 22.5. The first-order valence-corrected chi connectivity index (χ1v) is 10.9. The molecule has 5 nitrogen and oxygen atoms in total. The average Bonchev–Trinajstić information content (AvgIpc) is 3.16. The molecule has 0 spiro atoms. The van der Waals surface area contributed by atoms with Crippen molar-refractivity contribution in [1.29, 1.82) is 0 Å². The molecule has 0 saturated carbocycles. The van der Waals surface area contributed by atoms with Gasteiger partial charge in [0.1, 0.15) is 11.3 Å². The van der Waals surface area contributed by atoms with E-state index in [4.69, 9.17) is 44.0 Å². The molecular formula is C24H19Cl3N2O3. The number of amides is 1. The molecule has 3 aromatic carbocycles. The van der Waals surface area contributed by atoms with E-state index in [0.717, 1.165) is 22.2 Å². The van der Waals surface area contributed by atoms with E-state index in [1.54, 1.807) is 43.3 Å². The van der Waals surface area contributed by atoms with Crippen LogP contribution in [0.1, 0.15) is 18.1 Å². The Labute approximate surface area is 200 Å². The van der Waals surface area contributed by atoms with Gasteiger partial charge in [0.15, 0.2) is 11.7 Å². The molecule has 1 N–H and O–H groups in total. The Hall–Kier alpha value is -2.73. The molecule has 1 amide bonds. The zero-order valence-electron chi connectivity index (χ0n) is 17.5. The standard InChI is InChI=1S/C24H19Cl3N2O3/c1-12-8-13(2)22-20(9-12)29-24(32-22)15-4-6-17(26)19(10-15)28-23(30)14(3)31-21-7-5-16(25)11-18(21)27/h4-11,14H,1-3H3,(H,28,30). The van der Waals surface area contributed by atoms with Crippen molar-refractivity contribution >= 4 is 57.5 Å². The minimum atomic E-state index is -0.830. The number of oxazole rings is 1. The molecule has 1 atom stereocenters. The molecule has 0 bridgehead atoms. The van der Waals surface area contributed by atoms with E-state index in [9.17, 15) is 4.79 Å². The monoisotopic (exact) mass is 488 g/mol. The van der Waals surface area contributed by atoms with Crippen LogP contribution in [0.4, 0.5) is 5.69 Å². The molecule has 8 heteroatoms. The number of rotatable bonds is 5. The maximum Gasteiger partial charge on any atom is 0.265 e. The summed E-state index contributed by atoms with van der Waals surface area (Å²) in [5, 5.41) is 3.97. The van der Waals surface area contributed by atoms with Crippen molar-refractivity contribution in [2.45, 2.75) is 26.9 Å². The molecule has 4 rings (SSSR count). The van der Waals surface area contributed by atoms with Crippen LogP contribution >= 0.6 is 34.8 Å². The fourth-order valence-electron chi connectivity index (χ4n) is 3.30. The van der Waals surface area contributed by atoms with E-state index in [-0.39, 0.29) is 5.91 Å². The molecule has 0 aliphatic rings. The number of benzene rings is 3. The van der Waals surface area contributed by atoms with Gasteiger partial charge in [-0.15, -0.1) is 0 Å². The topological polar surface area (TPSA) is 64.4 Å². The highest BCUT2D eigenvalue weighted by Gasteiger charge is 2.19. The van der Waals surface area contributed by atoms with Gasteiger partial charge in [-0.2, -0.15) is 0 Å². The third kappa shape index (κ3) is 4.70. The number of aryl methyl sites for hydroxylation is 2. The molecule has 32 heavy (non-hydrogen) atoms. The molecule has 4 aromatic rings. The molecule has 0 fully saturated rings. The van der Waals surface area contributed by atoms with Crippen LogP contribution in [0.2, 0.25) is 15.1 Å². The summed E-state index contributed by atoms with van der Waals surface area (Å²) in [6.45, 7) is 5.60. The molecule has 0 aliphatic heterocycles. The highest BCUT2D eigenvalue weighted by Crippen LogP contribution is 2.32. The van der Waals surface area contributed by atoms with Gasteiger partial charge >= 0.3 is 0 Å². The number of hydrogen-bond acceptors (Lipinski definition) is 4. The Morgan fingerprint density at radius 1 is 1.03 bits per heavy atom. The first-order valence-electron chi connectivity index (χ1n) is 9.81. The second-order valence-corrected chi connectivity index (χ2v) is 8.72. The molecule has 0 saturated heterocycles. The summed E-state index contributed by atoms with van der Waals surface area (Å²) < 4.78 is 11.6. The van der Waals surface area contributed by atoms with E-state index in [1.807, 2.05) is 26.0 Å². The summed E-state index contributed by atoms with van der Waals surface area (Å²) in [4.78, 5) is 17.3. The minimum absolute atomic E-state index is 0.318. The van der Waals surface area contributed by atoms with Gasteiger partial charge in [-0.3, -0.25) is 4.79 Å². The SMILES string of the molecule is Cc1cc(C)c2oc(-c3ccc(Cl)c(NC(=O)C(C)Oc4ccc(Cl)cc4Cl)c3)nc2c1. The largest absolute Gasteiger partial charge is 0.479 e. The molecule has 164 valence electrons. The number of ether oxygens (including phenoxy) is 1. The summed E-state index contributed by atoms with van der Waals surface area (Å²) in [5.41, 5.74) is 4.73. The molecule has 0 radical (unpaired) electrons. The molecular weight excluding hydrogens is 471 g/mol. The maximum atomic E-state index is 12.7. The quantitative estimate of drug-likeness (QED) is 0.316. The van der Waals surface area contributed by atoms with Crippen LogP contribution in [-0.2, 0) is 4.79 Å². The van der Waals surface area contributed by atoms with Crippen molar-refractivity contribution in [2.75, 3.05) is 5.32 Å². The van der Waals surface area contributed by atoms with Crippen LogP contribution in [-0.4, -0.2) is 17.0 Å². The van der Waals surface area contributed by atoms with Gasteiger partial charge in [0.25, 0.3) is 5.91 Å². The number of halogens is 3. The Morgan fingerprint density at radius 2 is 1.81 bits per heavy atom. The van der Waals surface area contributed by atoms with Crippen molar-refractivity contribution in [3.63, 3.8) is 0 Å². The molecule has 1 heterocycles. The fourth-order valence-corrected chi connectivity index (χ4v) is 3.92. The second kappa shape index (κ2) is 9.02. The second-order valence-electron chi connectivity index (χ2n) is 7.47. The summed E-state index contributed by atoms with van der Waals surface area (Å²) in [6, 6.07) is 14.0. The van der Waals surface area contributed by atoms with Gasteiger partial charge in [-0.05, 0) is 74.4 Å². The number of fused-ring (bicyclic) bond motifs is 1. The summed E-state index contributed by atoms with van der Waals surface area (Å²) in [5.74, 6) is 0.410. The van der Waals surface area contributed by atoms with Crippen molar-refractivity contribution in [1.82, 2.24) is 4.98 Å². The predicted molar refractivity (Wildman–Crippen MR) is 129 cm³/mol. The third-order valence-corrected chi connectivity index (χ3v) is 5.72. The Bertz CT molecular complexity index is 1330. The number of nitrogens with one attached hydrogen (secondary N) is 1. The Kier molecular flexibility index (Phi) is 6.33. The molecule has 1 aromatic heterocycles. The van der Waals surface area contributed by atoms with E-state index < -0.39 is 6.10 Å². The number of nitrogens with zero attached hydrogens (tertiary/aromatic N) is 1. The van der Waals surface area contributed by atoms with Gasteiger partial charge in [-0.1, -0.05) is 40.9 Å². The van der Waals surface area contributed by atoms with Crippen LogP contribution in [0, 0.1) is 13.8 Å². The predicted octanol–water partition coefficient (Wildman–Crippen LogP) is 7.48. The number of anilines is 1. The number of carbonyl (C=O) groups excluding carboxylic acids is 1. The van der Waals surface area contributed by atoms with Crippen LogP contribution in [0.25, 0.3) is 22.6 Å². The number of aromatic nitrogens is 1. The van der Waals surface area contributed by atoms with Gasteiger partial charge in [0, 0.05) is 10.6 Å². The lowest BCUT2D eigenvalue weighted by Gasteiger charge is -2.16. The lowest BCUT2D eigenvalue weighted by atomic mass is 10.1. The van der Waals surface area contributed by atoms with E-state index in [2.05, 4.69) is 10.3 Å². The smallest absolute Gasteiger partial charge is 0.265 e. The zero-order chi connectivity index (χ0) is 23.0. The lowest BCUT2D eigenvalue weighted by Crippen LogP contribution is -2.30. The van der Waals surface area contributed by atoms with Crippen molar-refractivity contribution < 1.29 is 13.9 Å². The summed E-state index contributed by atoms with van der Waals surface area (Å²) >= 11 is 18.3. The van der Waals surface area contributed by atoms with Crippen molar-refractivity contribution in [2.24, 2.45) is 0 Å². The van der Waals surface area contributed by atoms with Crippen molar-refractivity contribution in [3.8, 4) is 17.2 Å². The van der Waals surface area contributed by atoms with Gasteiger partial charge < -0.3 is 14.5 Å². The van der Waals surface area contributed by atoms with Crippen molar-refractivity contribution in [3.05, 3.63) is 74.7 Å².